The number of morpholine rings is 1. The van der Waals surface area contributed by atoms with E-state index in [1.165, 1.54) is 32.4 Å². The third-order valence-corrected chi connectivity index (χ3v) is 15.3. The fraction of sp³-hybridized carbons (Fsp3) is 0.630. The quantitative estimate of drug-likeness (QED) is 0.0853. The molecular formula is C54H76N6O13. The minimum Gasteiger partial charge on any atom is -0.507 e. The number of ketones is 1. The molecule has 2 amide bonds. The number of carbonyl (C=O) groups is 4. The Hall–Kier alpha value is -5.44. The standard InChI is InChI=1S/C54H76N6O13/c1-29(2)28-60-20-16-54(17-21-60)57-42-39-40-47(65)35(8)50-41(39)51(67)53(9,73-50)71-24-15-36(69-10)32(5)49(72-38(62)27-37(61)55-18-12-19-59-22-25-70-26-23-59)34(7)46(64)33(6)45(63)30(3)13-11-14-31(4)52(68)56-44(48(40)66)43(42)58-54/h11,13-15,24,29-30,32-34,36,45-46,49,57,63-66H,12,16-23,25-28H2,1-10H3,(H,55,61)/b13-11+,24-15+,31-14-,56-44?/t30-,32+,33+,34+,36-,45-,46+,49+,53-/m0/s1. The highest BCUT2D eigenvalue weighted by Gasteiger charge is 2.51. The van der Waals surface area contributed by atoms with Crippen LogP contribution < -0.4 is 26.1 Å². The second-order valence-electron chi connectivity index (χ2n) is 21.2. The Bertz CT molecular complexity index is 2640. The van der Waals surface area contributed by atoms with Gasteiger partial charge in [0.05, 0.1) is 54.4 Å². The summed E-state index contributed by atoms with van der Waals surface area (Å²) in [5.41, 5.74) is -0.245. The number of hydrogen-bond acceptors (Lipinski definition) is 17. The van der Waals surface area contributed by atoms with Gasteiger partial charge in [0, 0.05) is 106 Å². The topological polar surface area (TPSA) is 251 Å². The number of piperidine rings is 1. The molecule has 19 nitrogen and oxygen atoms in total. The number of benzene rings is 2. The number of rotatable bonds is 10. The van der Waals surface area contributed by atoms with Crippen molar-refractivity contribution in [1.29, 1.82) is 0 Å². The molecule has 0 unspecified atom stereocenters. The number of aliphatic hydroxyl groups excluding tert-OH is 2. The number of hydrogen-bond donors (Lipinski definition) is 6. The summed E-state index contributed by atoms with van der Waals surface area (Å²) in [6, 6.07) is 0. The molecule has 6 N–H and O–H groups in total. The van der Waals surface area contributed by atoms with Crippen molar-refractivity contribution in [1.82, 2.24) is 15.1 Å². The fourth-order valence-corrected chi connectivity index (χ4v) is 10.8. The summed E-state index contributed by atoms with van der Waals surface area (Å²) in [5.74, 6) is -8.03. The number of likely N-dealkylation sites (tertiary alicyclic amines) is 1. The molecule has 73 heavy (non-hydrogen) atoms. The summed E-state index contributed by atoms with van der Waals surface area (Å²) in [7, 11) is 1.44. The van der Waals surface area contributed by atoms with E-state index in [4.69, 9.17) is 28.7 Å². The van der Waals surface area contributed by atoms with E-state index in [-0.39, 0.29) is 43.9 Å². The third kappa shape index (κ3) is 11.8. The molecule has 2 fully saturated rings. The van der Waals surface area contributed by atoms with Gasteiger partial charge in [0.1, 0.15) is 40.4 Å². The van der Waals surface area contributed by atoms with Gasteiger partial charge in [-0.25, -0.2) is 4.99 Å². The first kappa shape index (κ1) is 55.3. The lowest BCUT2D eigenvalue weighted by molar-refractivity contribution is -0.164. The largest absolute Gasteiger partial charge is 0.507 e. The number of carbonyl (C=O) groups excluding carboxylic acids is 4. The second kappa shape index (κ2) is 23.0. The summed E-state index contributed by atoms with van der Waals surface area (Å²) in [6.45, 7) is 22.1. The minimum absolute atomic E-state index is 0.0244. The van der Waals surface area contributed by atoms with Crippen LogP contribution in [0.1, 0.15) is 97.0 Å². The number of aromatic hydroxyl groups is 2. The summed E-state index contributed by atoms with van der Waals surface area (Å²) < 4.78 is 29.9. The molecule has 0 aromatic heterocycles. The van der Waals surface area contributed by atoms with Gasteiger partial charge in [0.2, 0.25) is 5.91 Å². The first-order valence-corrected chi connectivity index (χ1v) is 25.8. The maximum Gasteiger partial charge on any atom is 0.315 e. The smallest absolute Gasteiger partial charge is 0.315 e. The Labute approximate surface area is 427 Å². The number of Topliss-reactive ketones (excluding diaryl/α,β-unsaturated/α-hetero) is 1. The first-order chi connectivity index (χ1) is 34.6. The monoisotopic (exact) mass is 1020 g/mol. The lowest BCUT2D eigenvalue weighted by Gasteiger charge is -2.38. The van der Waals surface area contributed by atoms with Crippen molar-refractivity contribution < 1.29 is 63.3 Å². The van der Waals surface area contributed by atoms with Crippen LogP contribution in [0.15, 0.2) is 46.1 Å². The molecule has 8 rings (SSSR count). The number of esters is 1. The van der Waals surface area contributed by atoms with E-state index in [0.717, 1.165) is 26.2 Å². The Morgan fingerprint density at radius 1 is 0.932 bits per heavy atom. The van der Waals surface area contributed by atoms with Crippen LogP contribution in [-0.2, 0) is 33.3 Å². The molecule has 2 aromatic carbocycles. The maximum absolute atomic E-state index is 14.9. The number of fused-ring (bicyclic) bond motifs is 13. The Morgan fingerprint density at radius 3 is 2.30 bits per heavy atom. The number of amides is 2. The summed E-state index contributed by atoms with van der Waals surface area (Å²) in [4.78, 5) is 69.7. The molecule has 6 aliphatic heterocycles. The van der Waals surface area contributed by atoms with Crippen molar-refractivity contribution in [2.75, 3.05) is 71.5 Å². The lowest BCUT2D eigenvalue weighted by Crippen LogP contribution is -2.47. The highest BCUT2D eigenvalue weighted by molar-refractivity contribution is 6.21. The number of methoxy groups -OCH3 is 1. The van der Waals surface area contributed by atoms with Gasteiger partial charge in [-0.15, -0.1) is 0 Å². The van der Waals surface area contributed by atoms with E-state index in [1.54, 1.807) is 53.7 Å². The van der Waals surface area contributed by atoms with Gasteiger partial charge in [-0.05, 0) is 38.8 Å². The summed E-state index contributed by atoms with van der Waals surface area (Å²) in [5, 5.41) is 54.1. The molecule has 1 spiro atoms. The molecule has 0 saturated carbocycles. The van der Waals surface area contributed by atoms with Gasteiger partial charge >= 0.3 is 11.8 Å². The van der Waals surface area contributed by atoms with Crippen LogP contribution in [0.4, 0.5) is 5.69 Å². The van der Waals surface area contributed by atoms with Crippen LogP contribution >= 0.6 is 0 Å². The van der Waals surface area contributed by atoms with Crippen molar-refractivity contribution in [3.05, 3.63) is 58.0 Å². The fourth-order valence-electron chi connectivity index (χ4n) is 10.8. The summed E-state index contributed by atoms with van der Waals surface area (Å²) >= 11 is 0. The van der Waals surface area contributed by atoms with Crippen LogP contribution in [-0.4, -0.2) is 156 Å². The number of nitrogens with one attached hydrogen (secondary N) is 2. The van der Waals surface area contributed by atoms with Crippen LogP contribution in [0.25, 0.3) is 10.8 Å². The van der Waals surface area contributed by atoms with Crippen molar-refractivity contribution in [2.45, 2.75) is 124 Å². The molecule has 6 heterocycles. The van der Waals surface area contributed by atoms with Gasteiger partial charge in [0.25, 0.3) is 11.7 Å². The molecular weight excluding hydrogens is 941 g/mol. The number of allylic oxidation sites excluding steroid dienone is 2. The highest BCUT2D eigenvalue weighted by atomic mass is 16.7. The molecule has 2 aromatic rings. The number of nitrogens with zero attached hydrogens (tertiary/aromatic N) is 4. The predicted octanol–water partition coefficient (Wildman–Crippen LogP) is 3.96. The van der Waals surface area contributed by atoms with E-state index >= 15 is 0 Å². The molecule has 5 bridgehead atoms. The van der Waals surface area contributed by atoms with E-state index in [9.17, 15) is 39.6 Å². The molecule has 0 aliphatic carbocycles. The van der Waals surface area contributed by atoms with E-state index in [2.05, 4.69) is 39.3 Å². The van der Waals surface area contributed by atoms with Gasteiger partial charge in [-0.3, -0.25) is 29.1 Å². The van der Waals surface area contributed by atoms with Gasteiger partial charge < -0.3 is 59.6 Å². The van der Waals surface area contributed by atoms with Crippen LogP contribution in [0, 0.1) is 36.5 Å². The van der Waals surface area contributed by atoms with E-state index in [1.807, 2.05) is 0 Å². The SMILES string of the molecule is CO[C@H]1/C=C/O[C@@]2(C)Oc3c(C)c(O)c4c(O)c(c5c(c4c3C2=O)NC2(CCN(CC(C)C)CC2)N=5)=NC(=O)/C(C)=C\C=C\[C@H](C)[C@H](O)[C@@H](C)[C@@H](O)[C@@H](C)[C@H](OC(=O)CC(=O)NCCCN2CCOCC2)[C@@H]1C. The van der Waals surface area contributed by atoms with Gasteiger partial charge in [-0.2, -0.15) is 0 Å². The molecule has 9 atom stereocenters. The highest BCUT2D eigenvalue weighted by Crippen LogP contribution is 2.51. The van der Waals surface area contributed by atoms with Crippen molar-refractivity contribution in [2.24, 2.45) is 39.6 Å². The minimum atomic E-state index is -2.01. The molecule has 6 aliphatic rings. The zero-order chi connectivity index (χ0) is 53.1. The molecule has 2 saturated heterocycles. The van der Waals surface area contributed by atoms with Crippen LogP contribution in [0.3, 0.4) is 0 Å². The average molecular weight is 1020 g/mol. The van der Waals surface area contributed by atoms with Gasteiger partial charge in [0.15, 0.2) is 5.75 Å². The zero-order valence-electron chi connectivity index (χ0n) is 44.0. The van der Waals surface area contributed by atoms with Crippen molar-refractivity contribution >= 4 is 40.0 Å². The molecule has 400 valence electrons. The van der Waals surface area contributed by atoms with E-state index < -0.39 is 101 Å². The number of phenols is 2. The Balaban J connectivity index is 1.26. The third-order valence-electron chi connectivity index (χ3n) is 15.3. The average Bonchev–Trinajstić information content (AvgIpc) is 3.86. The normalized spacial score (nSPS) is 30.7. The predicted molar refractivity (Wildman–Crippen MR) is 272 cm³/mol. The lowest BCUT2D eigenvalue weighted by atomic mass is 9.78. The van der Waals surface area contributed by atoms with Crippen LogP contribution in [0.2, 0.25) is 0 Å². The molecule has 19 heteroatoms. The van der Waals surface area contributed by atoms with Gasteiger partial charge in [-0.1, -0.05) is 59.8 Å². The number of phenolic OH excluding ortho intramolecular Hbond substituents is 2. The zero-order valence-corrected chi connectivity index (χ0v) is 44.0. The summed E-state index contributed by atoms with van der Waals surface area (Å²) in [6.07, 6.45) is 4.49. The first-order valence-electron chi connectivity index (χ1n) is 25.8. The van der Waals surface area contributed by atoms with Crippen molar-refractivity contribution in [3.63, 3.8) is 0 Å². The Kier molecular flexibility index (Phi) is 17.4. The van der Waals surface area contributed by atoms with E-state index in [0.29, 0.717) is 63.7 Å². The molecule has 0 radical (unpaired) electrons. The number of aliphatic hydroxyl groups is 2. The maximum atomic E-state index is 14.9. The second-order valence-corrected chi connectivity index (χ2v) is 21.2. The van der Waals surface area contributed by atoms with Crippen LogP contribution in [0.5, 0.6) is 17.2 Å². The van der Waals surface area contributed by atoms with Crippen molar-refractivity contribution in [3.8, 4) is 17.2 Å². The number of anilines is 1. The Morgan fingerprint density at radius 2 is 1.63 bits per heavy atom. The number of ether oxygens (including phenoxy) is 5.